The van der Waals surface area contributed by atoms with E-state index in [9.17, 15) is 13.2 Å². The van der Waals surface area contributed by atoms with Gasteiger partial charge in [-0.15, -0.1) is 34.4 Å². The molecule has 0 fully saturated rings. The molecular formula is C19H16ClNO4S4. The van der Waals surface area contributed by atoms with Crippen LogP contribution in [0.3, 0.4) is 0 Å². The van der Waals surface area contributed by atoms with E-state index in [2.05, 4.69) is 0 Å². The van der Waals surface area contributed by atoms with Crippen molar-refractivity contribution in [3.05, 3.63) is 51.2 Å². The van der Waals surface area contributed by atoms with Crippen molar-refractivity contribution in [1.29, 1.82) is 0 Å². The molecule has 0 amide bonds. The van der Waals surface area contributed by atoms with E-state index in [-0.39, 0.29) is 11.5 Å². The number of thiophene rings is 2. The molecule has 152 valence electrons. The fourth-order valence-electron chi connectivity index (χ4n) is 3.00. The second-order valence-electron chi connectivity index (χ2n) is 6.17. The average molecular weight is 486 g/mol. The van der Waals surface area contributed by atoms with Gasteiger partial charge in [0.15, 0.2) is 0 Å². The van der Waals surface area contributed by atoms with Crippen LogP contribution in [0.1, 0.15) is 22.2 Å². The van der Waals surface area contributed by atoms with E-state index in [1.165, 1.54) is 38.7 Å². The van der Waals surface area contributed by atoms with Gasteiger partial charge in [0.05, 0.1) is 21.4 Å². The number of rotatable bonds is 5. The van der Waals surface area contributed by atoms with Crippen LogP contribution < -0.4 is 4.31 Å². The summed E-state index contributed by atoms with van der Waals surface area (Å²) in [5.74, 6) is 0.0642. The van der Waals surface area contributed by atoms with E-state index in [1.54, 1.807) is 32.2 Å². The van der Waals surface area contributed by atoms with Crippen LogP contribution in [0.4, 0.5) is 5.69 Å². The molecule has 5 nitrogen and oxygen atoms in total. The fraction of sp³-hybridized carbons (Fsp3) is 0.211. The van der Waals surface area contributed by atoms with Gasteiger partial charge in [0.25, 0.3) is 10.0 Å². The van der Waals surface area contributed by atoms with Crippen LogP contribution in [0.2, 0.25) is 5.02 Å². The van der Waals surface area contributed by atoms with Crippen LogP contribution in [0.5, 0.6) is 0 Å². The minimum absolute atomic E-state index is 0.196. The molecule has 0 N–H and O–H groups in total. The van der Waals surface area contributed by atoms with E-state index in [1.807, 2.05) is 17.5 Å². The first kappa shape index (κ1) is 20.7. The molecule has 0 saturated heterocycles. The highest BCUT2D eigenvalue weighted by Gasteiger charge is 2.41. The van der Waals surface area contributed by atoms with Gasteiger partial charge in [-0.2, -0.15) is 0 Å². The number of hydrogen-bond acceptors (Lipinski definition) is 7. The molecule has 29 heavy (non-hydrogen) atoms. The highest BCUT2D eigenvalue weighted by molar-refractivity contribution is 8.01. The molecule has 0 saturated carbocycles. The zero-order valence-corrected chi connectivity index (χ0v) is 19.5. The highest BCUT2D eigenvalue weighted by atomic mass is 35.5. The molecule has 0 radical (unpaired) electrons. The minimum atomic E-state index is -3.77. The smallest absolute Gasteiger partial charge is 0.349 e. The molecule has 3 heterocycles. The molecule has 1 aromatic carbocycles. The Morgan fingerprint density at radius 2 is 1.97 bits per heavy atom. The predicted molar refractivity (Wildman–Crippen MR) is 120 cm³/mol. The Morgan fingerprint density at radius 1 is 1.24 bits per heavy atom. The number of carbonyl (C=O) groups excluding carboxylic acids is 1. The maximum Gasteiger partial charge on any atom is 0.349 e. The topological polar surface area (TPSA) is 63.7 Å². The number of hydrogen-bond donors (Lipinski definition) is 0. The number of esters is 1. The third-order valence-corrected chi connectivity index (χ3v) is 10.2. The molecule has 4 rings (SSSR count). The minimum Gasteiger partial charge on any atom is -0.462 e. The second kappa shape index (κ2) is 7.96. The van der Waals surface area contributed by atoms with E-state index < -0.39 is 16.0 Å². The van der Waals surface area contributed by atoms with E-state index >= 15 is 0 Å². The van der Waals surface area contributed by atoms with E-state index in [4.69, 9.17) is 16.3 Å². The molecule has 0 unspecified atom stereocenters. The van der Waals surface area contributed by atoms with Gasteiger partial charge in [0.1, 0.15) is 9.77 Å². The van der Waals surface area contributed by atoms with Crippen LogP contribution in [-0.4, -0.2) is 28.0 Å². The van der Waals surface area contributed by atoms with Gasteiger partial charge in [0, 0.05) is 23.4 Å². The van der Waals surface area contributed by atoms with Crippen molar-refractivity contribution < 1.29 is 17.9 Å². The number of thioether (sulfide) groups is 1. The molecular weight excluding hydrogens is 470 g/mol. The number of sulfonamides is 1. The third-order valence-electron chi connectivity index (χ3n) is 4.41. The van der Waals surface area contributed by atoms with Crippen molar-refractivity contribution in [1.82, 2.24) is 0 Å². The first-order valence-corrected chi connectivity index (χ1v) is 13.1. The normalized spacial score (nSPS) is 14.4. The summed E-state index contributed by atoms with van der Waals surface area (Å²) in [6.07, 6.45) is 0. The Morgan fingerprint density at radius 3 is 2.66 bits per heavy atom. The van der Waals surface area contributed by atoms with E-state index in [0.717, 1.165) is 10.4 Å². The standard InChI is InChI=1S/C19H16ClNO4S4/c1-3-25-18(22)16-14-15-13(8-9-26-15)21(2)29(23,24)17(14)19(28-16)27-10-11-4-6-12(20)7-5-11/h4-9H,3,10H2,1-2H3. The maximum absolute atomic E-state index is 13.3. The number of benzene rings is 1. The maximum atomic E-state index is 13.3. The van der Waals surface area contributed by atoms with Crippen LogP contribution in [0.15, 0.2) is 44.8 Å². The number of halogens is 1. The van der Waals surface area contributed by atoms with Gasteiger partial charge >= 0.3 is 5.97 Å². The SMILES string of the molecule is CCOC(=O)c1sc(SCc2ccc(Cl)cc2)c2c1-c1sccc1N(C)S2(=O)=O. The second-order valence-corrected chi connectivity index (χ2v) is 11.7. The molecule has 0 aliphatic carbocycles. The number of carbonyl (C=O) groups is 1. The van der Waals surface area contributed by atoms with Gasteiger partial charge in [-0.25, -0.2) is 13.2 Å². The molecule has 0 spiro atoms. The first-order chi connectivity index (χ1) is 13.8. The summed E-state index contributed by atoms with van der Waals surface area (Å²) in [7, 11) is -2.23. The lowest BCUT2D eigenvalue weighted by Crippen LogP contribution is -2.29. The zero-order chi connectivity index (χ0) is 20.8. The summed E-state index contributed by atoms with van der Waals surface area (Å²) in [6.45, 7) is 1.96. The third kappa shape index (κ3) is 3.59. The lowest BCUT2D eigenvalue weighted by atomic mass is 10.2. The van der Waals surface area contributed by atoms with Crippen LogP contribution in [0.25, 0.3) is 10.4 Å². The highest BCUT2D eigenvalue weighted by Crippen LogP contribution is 2.54. The Labute approximate surface area is 186 Å². The Kier molecular flexibility index (Phi) is 5.69. The number of fused-ring (bicyclic) bond motifs is 3. The van der Waals surface area contributed by atoms with Crippen LogP contribution in [-0.2, 0) is 20.5 Å². The molecule has 1 aliphatic rings. The summed E-state index contributed by atoms with van der Waals surface area (Å²) < 4.78 is 33.7. The molecule has 10 heteroatoms. The fourth-order valence-corrected chi connectivity index (χ4v) is 8.87. The largest absolute Gasteiger partial charge is 0.462 e. The van der Waals surface area contributed by atoms with Gasteiger partial charge in [-0.05, 0) is 36.1 Å². The Hall–Kier alpha value is -1.52. The number of nitrogens with zero attached hydrogens (tertiary/aromatic N) is 1. The first-order valence-electron chi connectivity index (χ1n) is 8.62. The van der Waals surface area contributed by atoms with Gasteiger partial charge in [0.2, 0.25) is 0 Å². The lowest BCUT2D eigenvalue weighted by molar-refractivity contribution is 0.0533. The molecule has 0 atom stereocenters. The molecule has 2 aromatic heterocycles. The summed E-state index contributed by atoms with van der Waals surface area (Å²) in [4.78, 5) is 13.9. The van der Waals surface area contributed by atoms with E-state index in [0.29, 0.717) is 31.1 Å². The Balaban J connectivity index is 1.84. The van der Waals surface area contributed by atoms with Crippen LogP contribution >= 0.6 is 46.0 Å². The predicted octanol–water partition coefficient (Wildman–Crippen LogP) is 5.74. The summed E-state index contributed by atoms with van der Waals surface area (Å²) >= 11 is 9.94. The van der Waals surface area contributed by atoms with Gasteiger partial charge in [-0.3, -0.25) is 4.31 Å². The number of ether oxygens (including phenoxy) is 1. The lowest BCUT2D eigenvalue weighted by Gasteiger charge is -2.25. The molecule has 3 aromatic rings. The van der Waals surface area contributed by atoms with Crippen molar-refractivity contribution in [2.24, 2.45) is 0 Å². The zero-order valence-electron chi connectivity index (χ0n) is 15.5. The summed E-state index contributed by atoms with van der Waals surface area (Å²) in [5, 5.41) is 2.48. The summed E-state index contributed by atoms with van der Waals surface area (Å²) in [6, 6.07) is 9.16. The monoisotopic (exact) mass is 485 g/mol. The number of anilines is 1. The van der Waals surface area contributed by atoms with Crippen molar-refractivity contribution >= 4 is 67.7 Å². The van der Waals surface area contributed by atoms with Crippen molar-refractivity contribution in [2.75, 3.05) is 18.0 Å². The summed E-state index contributed by atoms with van der Waals surface area (Å²) in [5.41, 5.74) is 2.06. The van der Waals surface area contributed by atoms with Crippen LogP contribution in [0, 0.1) is 0 Å². The molecule has 0 bridgehead atoms. The molecule has 1 aliphatic heterocycles. The van der Waals surface area contributed by atoms with Gasteiger partial charge in [-0.1, -0.05) is 23.7 Å². The van der Waals surface area contributed by atoms with Crippen molar-refractivity contribution in [2.45, 2.75) is 21.8 Å². The van der Waals surface area contributed by atoms with Gasteiger partial charge < -0.3 is 4.74 Å². The van der Waals surface area contributed by atoms with Crippen molar-refractivity contribution in [3.63, 3.8) is 0 Å². The average Bonchev–Trinajstić information content (AvgIpc) is 3.31. The Bertz CT molecular complexity index is 1180. The van der Waals surface area contributed by atoms with Crippen molar-refractivity contribution in [3.8, 4) is 10.4 Å². The quantitative estimate of drug-likeness (QED) is 0.340.